The number of H-pyrrole nitrogens is 1. The average molecular weight is 416 g/mol. The van der Waals surface area contributed by atoms with Crippen LogP contribution < -0.4 is 11.2 Å². The molecule has 2 aromatic heterocycles. The van der Waals surface area contributed by atoms with Gasteiger partial charge in [-0.25, -0.2) is 9.78 Å². The van der Waals surface area contributed by atoms with Crippen molar-refractivity contribution >= 4 is 27.1 Å². The first-order chi connectivity index (χ1) is 12.5. The molecule has 0 fully saturated rings. The van der Waals surface area contributed by atoms with Gasteiger partial charge in [0.1, 0.15) is 6.04 Å². The molecule has 0 bridgehead atoms. The van der Waals surface area contributed by atoms with Crippen LogP contribution in [0.2, 0.25) is 0 Å². The lowest BCUT2D eigenvalue weighted by atomic mass is 9.97. The minimum Gasteiger partial charge on any atom is -0.292 e. The molecule has 0 spiro atoms. The van der Waals surface area contributed by atoms with Crippen molar-refractivity contribution < 1.29 is 0 Å². The van der Waals surface area contributed by atoms with Crippen molar-refractivity contribution in [3.63, 3.8) is 0 Å². The number of nitrogens with one attached hydrogen (secondary N) is 1. The van der Waals surface area contributed by atoms with Gasteiger partial charge in [-0.2, -0.15) is 5.26 Å². The third-order valence-electron chi connectivity index (χ3n) is 4.44. The number of benzene rings is 1. The molecule has 7 nitrogen and oxygen atoms in total. The van der Waals surface area contributed by atoms with Gasteiger partial charge in [0.05, 0.1) is 6.07 Å². The highest BCUT2D eigenvalue weighted by Gasteiger charge is 2.24. The van der Waals surface area contributed by atoms with Crippen LogP contribution in [0.4, 0.5) is 0 Å². The van der Waals surface area contributed by atoms with Crippen molar-refractivity contribution in [3.05, 3.63) is 61.0 Å². The van der Waals surface area contributed by atoms with Gasteiger partial charge in [0.2, 0.25) is 0 Å². The maximum atomic E-state index is 12.4. The second-order valence-electron chi connectivity index (χ2n) is 6.08. The van der Waals surface area contributed by atoms with Crippen molar-refractivity contribution in [1.82, 2.24) is 19.1 Å². The molecular formula is C18H18BrN5O2. The van der Waals surface area contributed by atoms with E-state index in [-0.39, 0.29) is 11.2 Å². The van der Waals surface area contributed by atoms with E-state index in [1.165, 1.54) is 11.6 Å². The Hall–Kier alpha value is -2.66. The van der Waals surface area contributed by atoms with Gasteiger partial charge in [0, 0.05) is 7.05 Å². The summed E-state index contributed by atoms with van der Waals surface area (Å²) in [5, 5.41) is 9.90. The van der Waals surface area contributed by atoms with Crippen molar-refractivity contribution in [3.8, 4) is 6.07 Å². The average Bonchev–Trinajstić information content (AvgIpc) is 2.98. The molecule has 3 aromatic rings. The number of aromatic amines is 1. The number of fused-ring (bicyclic) bond motifs is 1. The van der Waals surface area contributed by atoms with Crippen LogP contribution in [0.1, 0.15) is 36.9 Å². The van der Waals surface area contributed by atoms with E-state index in [1.54, 1.807) is 4.57 Å². The molecule has 0 saturated heterocycles. The van der Waals surface area contributed by atoms with Crippen molar-refractivity contribution in [2.75, 3.05) is 0 Å². The van der Waals surface area contributed by atoms with Crippen LogP contribution in [0.15, 0.2) is 38.6 Å². The summed E-state index contributed by atoms with van der Waals surface area (Å²) in [6.45, 7) is 2.12. The molecule has 134 valence electrons. The van der Waals surface area contributed by atoms with Gasteiger partial charge in [0.25, 0.3) is 5.56 Å². The largest absolute Gasteiger partial charge is 0.329 e. The molecule has 1 unspecified atom stereocenters. The number of nitrogens with zero attached hydrogens (tertiary/aromatic N) is 4. The zero-order valence-corrected chi connectivity index (χ0v) is 16.1. The summed E-state index contributed by atoms with van der Waals surface area (Å²) in [6.07, 6.45) is 2.91. The number of halogens is 1. The molecule has 26 heavy (non-hydrogen) atoms. The maximum Gasteiger partial charge on any atom is 0.329 e. The number of unbranched alkanes of at least 4 members (excludes halogenated alkanes) is 1. The Bertz CT molecular complexity index is 1120. The zero-order chi connectivity index (χ0) is 18.8. The second-order valence-corrected chi connectivity index (χ2v) is 6.78. The van der Waals surface area contributed by atoms with E-state index in [0.29, 0.717) is 4.73 Å². The van der Waals surface area contributed by atoms with E-state index < -0.39 is 17.3 Å². The topological polar surface area (TPSA) is 96.5 Å². The molecular weight excluding hydrogens is 398 g/mol. The normalized spacial score (nSPS) is 12.2. The van der Waals surface area contributed by atoms with Crippen molar-refractivity contribution in [1.29, 1.82) is 5.26 Å². The molecule has 0 aliphatic rings. The smallest absolute Gasteiger partial charge is 0.292 e. The highest BCUT2D eigenvalue weighted by atomic mass is 79.9. The number of hydrogen-bond acceptors (Lipinski definition) is 4. The van der Waals surface area contributed by atoms with E-state index in [9.17, 15) is 14.9 Å². The number of imidazole rings is 1. The first-order valence-electron chi connectivity index (χ1n) is 8.33. The molecule has 0 aliphatic heterocycles. The predicted octanol–water partition coefficient (Wildman–Crippen LogP) is 2.64. The summed E-state index contributed by atoms with van der Waals surface area (Å²) >= 11 is 3.35. The fourth-order valence-electron chi connectivity index (χ4n) is 3.07. The lowest BCUT2D eigenvalue weighted by Crippen LogP contribution is -2.29. The summed E-state index contributed by atoms with van der Waals surface area (Å²) in [7, 11) is 1.53. The van der Waals surface area contributed by atoms with Gasteiger partial charge in [-0.1, -0.05) is 37.6 Å². The molecule has 2 heterocycles. The SMILES string of the molecule is CCCCc1ccccc1C(C#N)n1c(Br)nc2c1c(=O)[nH]c(=O)n2C. The minimum absolute atomic E-state index is 0.191. The number of hydrogen-bond donors (Lipinski definition) is 1. The molecule has 1 atom stereocenters. The molecule has 3 rings (SSSR count). The fourth-order valence-corrected chi connectivity index (χ4v) is 3.62. The van der Waals surface area contributed by atoms with Crippen LogP contribution >= 0.6 is 15.9 Å². The summed E-state index contributed by atoms with van der Waals surface area (Å²) < 4.78 is 3.13. The molecule has 0 aliphatic carbocycles. The van der Waals surface area contributed by atoms with E-state index in [0.717, 1.165) is 30.4 Å². The van der Waals surface area contributed by atoms with Crippen LogP contribution in [-0.2, 0) is 13.5 Å². The van der Waals surface area contributed by atoms with E-state index >= 15 is 0 Å². The first kappa shape index (κ1) is 18.1. The Labute approximate surface area is 158 Å². The molecule has 0 radical (unpaired) electrons. The first-order valence-corrected chi connectivity index (χ1v) is 9.13. The Morgan fingerprint density at radius 1 is 1.35 bits per heavy atom. The van der Waals surface area contributed by atoms with Crippen molar-refractivity contribution in [2.45, 2.75) is 32.2 Å². The predicted molar refractivity (Wildman–Crippen MR) is 102 cm³/mol. The number of rotatable bonds is 5. The number of aryl methyl sites for hydroxylation is 2. The Morgan fingerprint density at radius 3 is 2.77 bits per heavy atom. The minimum atomic E-state index is -0.735. The van der Waals surface area contributed by atoms with Crippen LogP contribution in [-0.4, -0.2) is 19.1 Å². The van der Waals surface area contributed by atoms with Gasteiger partial charge in [-0.05, 0) is 39.9 Å². The zero-order valence-electron chi connectivity index (χ0n) is 14.5. The number of aromatic nitrogens is 4. The Kier molecular flexibility index (Phi) is 5.09. The van der Waals surface area contributed by atoms with Crippen molar-refractivity contribution in [2.24, 2.45) is 7.05 Å². The highest BCUT2D eigenvalue weighted by Crippen LogP contribution is 2.29. The van der Waals surface area contributed by atoms with Crippen LogP contribution in [0, 0.1) is 11.3 Å². The summed E-state index contributed by atoms with van der Waals surface area (Å²) in [4.78, 5) is 30.8. The third-order valence-corrected chi connectivity index (χ3v) is 5.00. The molecule has 0 saturated carbocycles. The summed E-state index contributed by atoms with van der Waals surface area (Å²) in [5.41, 5.74) is 1.21. The monoisotopic (exact) mass is 415 g/mol. The quantitative estimate of drug-likeness (QED) is 0.647. The molecule has 1 N–H and O–H groups in total. The lowest BCUT2D eigenvalue weighted by molar-refractivity contribution is 0.693. The summed E-state index contributed by atoms with van der Waals surface area (Å²) in [5.74, 6) is 0. The van der Waals surface area contributed by atoms with E-state index in [2.05, 4.69) is 38.9 Å². The standard InChI is InChI=1S/C18H18BrN5O2/c1-3-4-7-11-8-5-6-9-12(11)13(10-20)24-14-15(21-17(24)19)23(2)18(26)22-16(14)25/h5-6,8-9,13H,3-4,7H2,1-2H3,(H,22,25,26). The van der Waals surface area contributed by atoms with E-state index in [1.807, 2.05) is 24.3 Å². The highest BCUT2D eigenvalue weighted by molar-refractivity contribution is 9.10. The Balaban J connectivity index is 2.28. The van der Waals surface area contributed by atoms with Gasteiger partial charge < -0.3 is 0 Å². The Morgan fingerprint density at radius 2 is 2.08 bits per heavy atom. The second kappa shape index (κ2) is 7.30. The third kappa shape index (κ3) is 2.99. The van der Waals surface area contributed by atoms with Gasteiger partial charge in [0.15, 0.2) is 15.9 Å². The van der Waals surface area contributed by atoms with Crippen LogP contribution in [0.5, 0.6) is 0 Å². The van der Waals surface area contributed by atoms with E-state index in [4.69, 9.17) is 0 Å². The van der Waals surface area contributed by atoms with Gasteiger partial charge in [-0.15, -0.1) is 0 Å². The number of nitriles is 1. The van der Waals surface area contributed by atoms with Gasteiger partial charge in [-0.3, -0.25) is 18.9 Å². The molecule has 0 amide bonds. The molecule has 1 aromatic carbocycles. The van der Waals surface area contributed by atoms with Crippen LogP contribution in [0.3, 0.4) is 0 Å². The molecule has 8 heteroatoms. The lowest BCUT2D eigenvalue weighted by Gasteiger charge is -2.17. The summed E-state index contributed by atoms with van der Waals surface area (Å²) in [6, 6.07) is 9.27. The maximum absolute atomic E-state index is 12.4. The fraction of sp³-hybridized carbons (Fsp3) is 0.333. The van der Waals surface area contributed by atoms with Gasteiger partial charge >= 0.3 is 5.69 Å². The van der Waals surface area contributed by atoms with Crippen LogP contribution in [0.25, 0.3) is 11.2 Å².